The van der Waals surface area contributed by atoms with Crippen molar-refractivity contribution < 1.29 is 9.59 Å². The lowest BCUT2D eigenvalue weighted by Gasteiger charge is -2.36. The minimum absolute atomic E-state index is 0. The molecule has 2 fully saturated rings. The second-order valence-electron chi connectivity index (χ2n) is 10.4. The van der Waals surface area contributed by atoms with Crippen molar-refractivity contribution >= 4 is 11.8 Å². The number of imide groups is 1. The number of carbonyl (C=O) groups excluding carboxylic acids is 2. The summed E-state index contributed by atoms with van der Waals surface area (Å²) in [6.07, 6.45) is 0.984. The Balaban J connectivity index is 0.00000264. The summed E-state index contributed by atoms with van der Waals surface area (Å²) in [6.45, 7) is 19.1. The molecular weight excluding hydrogens is 286 g/mol. The Morgan fingerprint density at radius 1 is 0.739 bits per heavy atom. The van der Waals surface area contributed by atoms with Crippen molar-refractivity contribution in [2.24, 2.45) is 34.5 Å². The number of likely N-dealkylation sites (tertiary alicyclic amines) is 1. The fraction of sp³-hybridized carbons (Fsp3) is 0.900. The number of hydrogen-bond donors (Lipinski definition) is 0. The molecule has 3 heteroatoms. The lowest BCUT2D eigenvalue weighted by Crippen LogP contribution is -2.48. The highest BCUT2D eigenvalue weighted by molar-refractivity contribution is 6.06. The molecule has 2 aliphatic rings. The van der Waals surface area contributed by atoms with Gasteiger partial charge in [0, 0.05) is 5.54 Å². The highest BCUT2D eigenvalue weighted by Gasteiger charge is 2.63. The van der Waals surface area contributed by atoms with Gasteiger partial charge >= 0.3 is 0 Å². The molecule has 4 unspecified atom stereocenters. The van der Waals surface area contributed by atoms with E-state index in [1.165, 1.54) is 0 Å². The van der Waals surface area contributed by atoms with Crippen molar-refractivity contribution in [3.63, 3.8) is 0 Å². The zero-order valence-corrected chi connectivity index (χ0v) is 15.8. The number of hydrogen-bond acceptors (Lipinski definition) is 2. The van der Waals surface area contributed by atoms with Crippen LogP contribution in [0, 0.1) is 34.5 Å². The molecule has 0 bridgehead atoms. The van der Waals surface area contributed by atoms with Gasteiger partial charge in [-0.05, 0) is 49.9 Å². The number of nitrogens with zero attached hydrogens (tertiary/aromatic N) is 1. The summed E-state index contributed by atoms with van der Waals surface area (Å²) >= 11 is 0. The SMILES string of the molecule is C.CC(C)(C)C1CC(C(C)(C)C)C2C(=O)N(C(C)(C)C)C(=O)C21. The van der Waals surface area contributed by atoms with Gasteiger partial charge in [-0.2, -0.15) is 0 Å². The van der Waals surface area contributed by atoms with Gasteiger partial charge in [-0.1, -0.05) is 49.0 Å². The Morgan fingerprint density at radius 2 is 1.04 bits per heavy atom. The van der Waals surface area contributed by atoms with E-state index < -0.39 is 5.54 Å². The van der Waals surface area contributed by atoms with Gasteiger partial charge in [0.1, 0.15) is 0 Å². The van der Waals surface area contributed by atoms with E-state index in [9.17, 15) is 9.59 Å². The molecule has 0 radical (unpaired) electrons. The van der Waals surface area contributed by atoms with Crippen LogP contribution in [-0.4, -0.2) is 22.3 Å². The third-order valence-corrected chi connectivity index (χ3v) is 5.67. The first-order valence-corrected chi connectivity index (χ1v) is 8.55. The van der Waals surface area contributed by atoms with Gasteiger partial charge in [0.05, 0.1) is 11.8 Å². The van der Waals surface area contributed by atoms with E-state index in [0.29, 0.717) is 0 Å². The number of fused-ring (bicyclic) bond motifs is 1. The van der Waals surface area contributed by atoms with Gasteiger partial charge in [-0.15, -0.1) is 0 Å². The minimum Gasteiger partial charge on any atom is -0.277 e. The summed E-state index contributed by atoms with van der Waals surface area (Å²) < 4.78 is 0. The van der Waals surface area contributed by atoms with Gasteiger partial charge in [-0.3, -0.25) is 14.5 Å². The average molecular weight is 324 g/mol. The summed E-state index contributed by atoms with van der Waals surface area (Å²) in [5.74, 6) is 0.436. The standard InChI is InChI=1S/C19H33NO2.CH4/c1-17(2,3)11-10-12(18(4,5)6)14-13(11)15(21)20(16(14)22)19(7,8)9;/h11-14H,10H2,1-9H3;1H4. The third kappa shape index (κ3) is 3.21. The van der Waals surface area contributed by atoms with Crippen LogP contribution in [0.25, 0.3) is 0 Å². The molecule has 0 spiro atoms. The predicted octanol–water partition coefficient (Wildman–Crippen LogP) is 4.75. The van der Waals surface area contributed by atoms with E-state index in [0.717, 1.165) is 6.42 Å². The van der Waals surface area contributed by atoms with E-state index in [1.54, 1.807) is 4.90 Å². The van der Waals surface area contributed by atoms with Crippen LogP contribution in [0.1, 0.15) is 76.2 Å². The normalized spacial score (nSPS) is 32.1. The second kappa shape index (κ2) is 5.60. The Labute approximate surface area is 143 Å². The Morgan fingerprint density at radius 3 is 1.26 bits per heavy atom. The first-order chi connectivity index (χ1) is 9.67. The Bertz CT molecular complexity index is 449. The molecule has 1 saturated carbocycles. The van der Waals surface area contributed by atoms with Gasteiger partial charge in [0.25, 0.3) is 0 Å². The highest BCUT2D eigenvalue weighted by Crippen LogP contribution is 2.58. The molecule has 4 atom stereocenters. The van der Waals surface area contributed by atoms with E-state index in [1.807, 2.05) is 20.8 Å². The van der Waals surface area contributed by atoms with Crippen LogP contribution in [0.4, 0.5) is 0 Å². The predicted molar refractivity (Wildman–Crippen MR) is 95.8 cm³/mol. The van der Waals surface area contributed by atoms with E-state index in [4.69, 9.17) is 0 Å². The lowest BCUT2D eigenvalue weighted by molar-refractivity contribution is -0.147. The van der Waals surface area contributed by atoms with Gasteiger partial charge in [0.15, 0.2) is 0 Å². The largest absolute Gasteiger partial charge is 0.277 e. The summed E-state index contributed by atoms with van der Waals surface area (Å²) in [5.41, 5.74) is -0.330. The number of rotatable bonds is 0. The molecule has 0 aromatic rings. The Kier molecular flexibility index (Phi) is 4.91. The maximum Gasteiger partial charge on any atom is 0.233 e. The lowest BCUT2D eigenvalue weighted by atomic mass is 9.73. The Hall–Kier alpha value is -0.860. The van der Waals surface area contributed by atoms with Crippen LogP contribution < -0.4 is 0 Å². The molecule has 1 aliphatic heterocycles. The average Bonchev–Trinajstić information content (AvgIpc) is 2.74. The molecule has 2 rings (SSSR count). The maximum absolute atomic E-state index is 13.1. The molecule has 0 N–H and O–H groups in total. The molecule has 1 aliphatic carbocycles. The fourth-order valence-corrected chi connectivity index (χ4v) is 4.57. The van der Waals surface area contributed by atoms with Crippen molar-refractivity contribution in [2.45, 2.75) is 81.7 Å². The number of carbonyl (C=O) groups is 2. The smallest absolute Gasteiger partial charge is 0.233 e. The van der Waals surface area contributed by atoms with Crippen molar-refractivity contribution in [3.05, 3.63) is 0 Å². The zero-order valence-electron chi connectivity index (χ0n) is 15.8. The molecule has 0 aromatic carbocycles. The van der Waals surface area contributed by atoms with Crippen LogP contribution >= 0.6 is 0 Å². The van der Waals surface area contributed by atoms with Crippen molar-refractivity contribution in [1.82, 2.24) is 4.90 Å². The molecule has 23 heavy (non-hydrogen) atoms. The summed E-state index contributed by atoms with van der Waals surface area (Å²) in [4.78, 5) is 27.7. The van der Waals surface area contributed by atoms with Crippen molar-refractivity contribution in [3.8, 4) is 0 Å². The van der Waals surface area contributed by atoms with Crippen molar-refractivity contribution in [1.29, 1.82) is 0 Å². The molecule has 2 amide bonds. The summed E-state index contributed by atoms with van der Waals surface area (Å²) in [5, 5.41) is 0. The minimum atomic E-state index is -0.427. The summed E-state index contributed by atoms with van der Waals surface area (Å²) in [6, 6.07) is 0. The molecular formula is C20H37NO2. The molecule has 3 nitrogen and oxygen atoms in total. The number of amides is 2. The third-order valence-electron chi connectivity index (χ3n) is 5.67. The molecule has 1 saturated heterocycles. The first kappa shape index (κ1) is 20.2. The van der Waals surface area contributed by atoms with Crippen LogP contribution in [-0.2, 0) is 9.59 Å². The van der Waals surface area contributed by atoms with E-state index in [2.05, 4.69) is 41.5 Å². The van der Waals surface area contributed by atoms with Gasteiger partial charge in [0.2, 0.25) is 11.8 Å². The molecule has 134 valence electrons. The quantitative estimate of drug-likeness (QED) is 0.603. The molecule has 1 heterocycles. The van der Waals surface area contributed by atoms with E-state index in [-0.39, 0.29) is 53.7 Å². The summed E-state index contributed by atoms with van der Waals surface area (Å²) in [7, 11) is 0. The molecule has 0 aromatic heterocycles. The fourth-order valence-electron chi connectivity index (χ4n) is 4.57. The van der Waals surface area contributed by atoms with Crippen LogP contribution in [0.3, 0.4) is 0 Å². The zero-order chi connectivity index (χ0) is 17.2. The van der Waals surface area contributed by atoms with Crippen LogP contribution in [0.2, 0.25) is 0 Å². The van der Waals surface area contributed by atoms with Gasteiger partial charge < -0.3 is 0 Å². The van der Waals surface area contributed by atoms with E-state index >= 15 is 0 Å². The van der Waals surface area contributed by atoms with Crippen LogP contribution in [0.15, 0.2) is 0 Å². The van der Waals surface area contributed by atoms with Crippen LogP contribution in [0.5, 0.6) is 0 Å². The van der Waals surface area contributed by atoms with Gasteiger partial charge in [-0.25, -0.2) is 0 Å². The maximum atomic E-state index is 13.1. The second-order valence-corrected chi connectivity index (χ2v) is 10.4. The monoisotopic (exact) mass is 323 g/mol. The highest BCUT2D eigenvalue weighted by atomic mass is 16.2. The first-order valence-electron chi connectivity index (χ1n) is 8.55. The topological polar surface area (TPSA) is 37.4 Å². The van der Waals surface area contributed by atoms with Crippen molar-refractivity contribution in [2.75, 3.05) is 0 Å².